The van der Waals surface area contributed by atoms with Crippen LogP contribution in [0.25, 0.3) is 18.2 Å². The molecule has 0 aromatic heterocycles. The summed E-state index contributed by atoms with van der Waals surface area (Å²) in [6.45, 7) is 3.69. The van der Waals surface area contributed by atoms with E-state index in [0.29, 0.717) is 17.5 Å². The number of carbonyl (C=O) groups is 1. The largest absolute Gasteiger partial charge is 0.504 e. The van der Waals surface area contributed by atoms with Crippen molar-refractivity contribution in [2.45, 2.75) is 26.4 Å². The second-order valence-corrected chi connectivity index (χ2v) is 5.97. The predicted molar refractivity (Wildman–Crippen MR) is 103 cm³/mol. The predicted octanol–water partition coefficient (Wildman–Crippen LogP) is 4.03. The summed E-state index contributed by atoms with van der Waals surface area (Å²) in [6, 6.07) is 7.31. The minimum absolute atomic E-state index is 0.205. The summed E-state index contributed by atoms with van der Waals surface area (Å²) in [4.78, 5) is 11.8. The number of hydrogen-bond acceptors (Lipinski definition) is 6. The first kappa shape index (κ1) is 19.9. The van der Waals surface area contributed by atoms with Gasteiger partial charge in [0.2, 0.25) is 0 Å². The van der Waals surface area contributed by atoms with Crippen LogP contribution < -0.4 is 0 Å². The minimum atomic E-state index is -0.516. The first-order valence-corrected chi connectivity index (χ1v) is 8.46. The smallest absolute Gasteiger partial charge is 0.331 e. The highest BCUT2D eigenvalue weighted by Crippen LogP contribution is 2.35. The lowest BCUT2D eigenvalue weighted by Crippen LogP contribution is -2.11. The molecule has 0 saturated carbocycles. The molecule has 6 heteroatoms. The summed E-state index contributed by atoms with van der Waals surface area (Å²) in [7, 11) is 0. The number of ether oxygens (including phenoxy) is 1. The van der Waals surface area contributed by atoms with Crippen LogP contribution in [0.4, 0.5) is 0 Å². The Morgan fingerprint density at radius 1 is 0.963 bits per heavy atom. The zero-order chi connectivity index (χ0) is 20.0. The maximum absolute atomic E-state index is 11.8. The number of para-hydroxylation sites is 1. The molecule has 0 amide bonds. The van der Waals surface area contributed by atoms with E-state index in [0.717, 1.165) is 0 Å². The van der Waals surface area contributed by atoms with E-state index < -0.39 is 5.97 Å². The molecule has 2 aromatic carbocycles. The molecule has 0 aliphatic rings. The maximum Gasteiger partial charge on any atom is 0.331 e. The molecule has 1 atom stereocenters. The molecule has 0 radical (unpaired) electrons. The molecular weight excluding hydrogens is 348 g/mol. The van der Waals surface area contributed by atoms with Gasteiger partial charge in [-0.2, -0.15) is 0 Å². The fourth-order valence-electron chi connectivity index (χ4n) is 2.27. The van der Waals surface area contributed by atoms with Gasteiger partial charge in [0.1, 0.15) is 0 Å². The quantitative estimate of drug-likeness (QED) is 0.265. The molecular formula is C21H22O6. The summed E-state index contributed by atoms with van der Waals surface area (Å²) in [6.07, 6.45) is 6.12. The van der Waals surface area contributed by atoms with Crippen LogP contribution in [0.15, 0.2) is 36.4 Å². The topological polar surface area (TPSA) is 107 Å². The van der Waals surface area contributed by atoms with Gasteiger partial charge in [-0.15, -0.1) is 0 Å². The van der Waals surface area contributed by atoms with Gasteiger partial charge in [0.05, 0.1) is 6.10 Å². The van der Waals surface area contributed by atoms with Crippen molar-refractivity contribution in [1.29, 1.82) is 0 Å². The van der Waals surface area contributed by atoms with Gasteiger partial charge in [0.15, 0.2) is 23.0 Å². The zero-order valence-corrected chi connectivity index (χ0v) is 15.1. The molecule has 0 bridgehead atoms. The molecule has 142 valence electrons. The summed E-state index contributed by atoms with van der Waals surface area (Å²) < 4.78 is 5.16. The van der Waals surface area contributed by atoms with Gasteiger partial charge in [-0.25, -0.2) is 4.79 Å². The maximum atomic E-state index is 11.8. The molecule has 0 fully saturated rings. The van der Waals surface area contributed by atoms with Crippen molar-refractivity contribution >= 4 is 24.2 Å². The Labute approximate surface area is 157 Å². The van der Waals surface area contributed by atoms with Crippen LogP contribution in [-0.2, 0) is 9.53 Å². The third-order valence-corrected chi connectivity index (χ3v) is 4.00. The first-order valence-electron chi connectivity index (χ1n) is 8.46. The number of phenols is 4. The van der Waals surface area contributed by atoms with Crippen molar-refractivity contribution in [3.8, 4) is 23.0 Å². The Kier molecular flexibility index (Phi) is 6.49. The minimum Gasteiger partial charge on any atom is -0.504 e. The van der Waals surface area contributed by atoms with Crippen LogP contribution >= 0.6 is 0 Å². The van der Waals surface area contributed by atoms with Crippen molar-refractivity contribution < 1.29 is 30.0 Å². The monoisotopic (exact) mass is 370 g/mol. The second kappa shape index (κ2) is 8.80. The molecule has 2 aromatic rings. The van der Waals surface area contributed by atoms with Crippen LogP contribution in [0.1, 0.15) is 37.0 Å². The zero-order valence-electron chi connectivity index (χ0n) is 15.1. The molecule has 27 heavy (non-hydrogen) atoms. The van der Waals surface area contributed by atoms with Gasteiger partial charge in [-0.1, -0.05) is 31.2 Å². The molecule has 0 heterocycles. The fraction of sp³-hybridized carbons (Fsp3) is 0.190. The van der Waals surface area contributed by atoms with Gasteiger partial charge < -0.3 is 25.2 Å². The van der Waals surface area contributed by atoms with Crippen molar-refractivity contribution in [3.63, 3.8) is 0 Å². The number of rotatable bonds is 6. The molecule has 0 spiro atoms. The summed E-state index contributed by atoms with van der Waals surface area (Å²) in [5.74, 6) is -1.79. The Hall–Kier alpha value is -3.41. The normalized spacial score (nSPS) is 12.5. The van der Waals surface area contributed by atoms with Crippen molar-refractivity contribution in [2.24, 2.45) is 0 Å². The number of hydrogen-bond donors (Lipinski definition) is 4. The van der Waals surface area contributed by atoms with Crippen LogP contribution in [0, 0.1) is 0 Å². The van der Waals surface area contributed by atoms with Crippen LogP contribution in [0.2, 0.25) is 0 Å². The van der Waals surface area contributed by atoms with E-state index in [-0.39, 0.29) is 34.7 Å². The number of esters is 1. The van der Waals surface area contributed by atoms with Gasteiger partial charge in [-0.3, -0.25) is 0 Å². The average Bonchev–Trinajstić information content (AvgIpc) is 2.64. The molecule has 1 unspecified atom stereocenters. The van der Waals surface area contributed by atoms with Crippen LogP contribution in [0.3, 0.4) is 0 Å². The number of benzene rings is 2. The van der Waals surface area contributed by atoms with E-state index in [9.17, 15) is 25.2 Å². The van der Waals surface area contributed by atoms with Crippen molar-refractivity contribution in [2.75, 3.05) is 0 Å². The number of phenolic OH excluding ortho intramolecular Hbond substituents is 4. The van der Waals surface area contributed by atoms with E-state index in [1.807, 2.05) is 6.92 Å². The Balaban J connectivity index is 2.35. The fourth-order valence-corrected chi connectivity index (χ4v) is 2.27. The first-order chi connectivity index (χ1) is 12.8. The van der Waals surface area contributed by atoms with E-state index in [4.69, 9.17) is 4.74 Å². The second-order valence-electron chi connectivity index (χ2n) is 5.97. The van der Waals surface area contributed by atoms with E-state index >= 15 is 0 Å². The third-order valence-electron chi connectivity index (χ3n) is 4.00. The highest BCUT2D eigenvalue weighted by molar-refractivity contribution is 5.89. The van der Waals surface area contributed by atoms with Gasteiger partial charge in [0.25, 0.3) is 0 Å². The van der Waals surface area contributed by atoms with Gasteiger partial charge >= 0.3 is 5.97 Å². The lowest BCUT2D eigenvalue weighted by Gasteiger charge is -2.09. The van der Waals surface area contributed by atoms with E-state index in [1.54, 1.807) is 19.1 Å². The highest BCUT2D eigenvalue weighted by atomic mass is 16.5. The van der Waals surface area contributed by atoms with Gasteiger partial charge in [0, 0.05) is 17.2 Å². The molecule has 4 N–H and O–H groups in total. The van der Waals surface area contributed by atoms with Crippen molar-refractivity contribution in [1.82, 2.24) is 0 Å². The molecule has 6 nitrogen and oxygen atoms in total. The lowest BCUT2D eigenvalue weighted by molar-refractivity contribution is -0.142. The van der Waals surface area contributed by atoms with Gasteiger partial charge in [-0.05, 0) is 43.2 Å². The third kappa shape index (κ3) is 5.04. The molecule has 0 saturated heterocycles. The van der Waals surface area contributed by atoms with Crippen molar-refractivity contribution in [3.05, 3.63) is 53.1 Å². The number of aromatic hydroxyl groups is 4. The Morgan fingerprint density at radius 3 is 2.37 bits per heavy atom. The number of carbonyl (C=O) groups excluding carboxylic acids is 1. The van der Waals surface area contributed by atoms with Crippen LogP contribution in [0.5, 0.6) is 23.0 Å². The highest BCUT2D eigenvalue weighted by Gasteiger charge is 2.10. The summed E-state index contributed by atoms with van der Waals surface area (Å²) in [5.41, 5.74) is 1.02. The lowest BCUT2D eigenvalue weighted by atomic mass is 10.0. The molecule has 0 aliphatic heterocycles. The van der Waals surface area contributed by atoms with E-state index in [2.05, 4.69) is 0 Å². The molecule has 0 aliphatic carbocycles. The molecule has 2 rings (SSSR count). The van der Waals surface area contributed by atoms with Crippen LogP contribution in [-0.4, -0.2) is 32.5 Å². The average molecular weight is 370 g/mol. The van der Waals surface area contributed by atoms with E-state index in [1.165, 1.54) is 42.5 Å². The Morgan fingerprint density at radius 2 is 1.67 bits per heavy atom. The SMILES string of the molecule is CCC(C)OC(=O)/C=C/c1ccc(O)c(O)c1/C=C/c1cccc(O)c1O. The Bertz CT molecular complexity index is 882. The standard InChI is InChI=1S/C21H22O6/c1-3-13(2)27-19(24)12-9-14-8-11-18(23)21(26)16(14)10-7-15-5-4-6-17(22)20(15)25/h4-13,22-23,25-26H,3H2,1-2H3/b10-7+,12-9+. The summed E-state index contributed by atoms with van der Waals surface area (Å²) in [5, 5.41) is 39.3. The summed E-state index contributed by atoms with van der Waals surface area (Å²) >= 11 is 0.